The summed E-state index contributed by atoms with van der Waals surface area (Å²) in [5.74, 6) is 1.35. The Morgan fingerprint density at radius 1 is 1.17 bits per heavy atom. The molecule has 1 aromatic carbocycles. The zero-order valence-electron chi connectivity index (χ0n) is 13.1. The monoisotopic (exact) mass is 367 g/mol. The highest BCUT2D eigenvalue weighted by Gasteiger charge is 2.21. The van der Waals surface area contributed by atoms with Crippen LogP contribution in [0, 0.1) is 0 Å². The summed E-state index contributed by atoms with van der Waals surface area (Å²) in [4.78, 5) is 14.0. The smallest absolute Gasteiger partial charge is 0.289 e. The molecule has 128 valence electrons. The number of halogens is 1. The van der Waals surface area contributed by atoms with Gasteiger partial charge in [-0.05, 0) is 29.8 Å². The molecule has 24 heavy (non-hydrogen) atoms. The van der Waals surface area contributed by atoms with Gasteiger partial charge in [-0.3, -0.25) is 9.00 Å². The van der Waals surface area contributed by atoms with Crippen molar-refractivity contribution in [2.24, 2.45) is 0 Å². The van der Waals surface area contributed by atoms with Crippen molar-refractivity contribution in [2.75, 3.05) is 26.3 Å². The molecule has 2 heterocycles. The second-order valence-electron chi connectivity index (χ2n) is 5.53. The van der Waals surface area contributed by atoms with Crippen LogP contribution >= 0.6 is 11.6 Å². The fraction of sp³-hybridized carbons (Fsp3) is 0.353. The number of hydrogen-bond donors (Lipinski definition) is 0. The number of amides is 1. The van der Waals surface area contributed by atoms with Crippen LogP contribution in [0.3, 0.4) is 0 Å². The van der Waals surface area contributed by atoms with Crippen LogP contribution in [0.5, 0.6) is 0 Å². The average Bonchev–Trinajstić information content (AvgIpc) is 3.03. The molecule has 3 rings (SSSR count). The Labute approximate surface area is 148 Å². The highest BCUT2D eigenvalue weighted by atomic mass is 35.5. The lowest BCUT2D eigenvalue weighted by molar-refractivity contribution is 0.0282. The second-order valence-corrected chi connectivity index (χ2v) is 7.42. The van der Waals surface area contributed by atoms with Crippen molar-refractivity contribution in [1.29, 1.82) is 0 Å². The fourth-order valence-electron chi connectivity index (χ4n) is 2.52. The maximum atomic E-state index is 12.3. The standard InChI is InChI=1S/C17H18ClNO4S/c18-14-3-1-2-13(10-14)11-24(21)12-15-4-5-16(23-15)17(20)19-6-8-22-9-7-19/h1-5,10H,6-9,11-12H2. The fourth-order valence-corrected chi connectivity index (χ4v) is 3.85. The number of rotatable bonds is 5. The summed E-state index contributed by atoms with van der Waals surface area (Å²) in [6.45, 7) is 2.22. The van der Waals surface area contributed by atoms with Crippen molar-refractivity contribution in [3.05, 3.63) is 58.5 Å². The predicted octanol–water partition coefficient (Wildman–Crippen LogP) is 2.85. The van der Waals surface area contributed by atoms with Gasteiger partial charge in [0.15, 0.2) is 5.76 Å². The highest BCUT2D eigenvalue weighted by molar-refractivity contribution is 7.83. The van der Waals surface area contributed by atoms with Gasteiger partial charge in [0.2, 0.25) is 0 Å². The van der Waals surface area contributed by atoms with Gasteiger partial charge in [-0.2, -0.15) is 0 Å². The lowest BCUT2D eigenvalue weighted by Gasteiger charge is -2.25. The Morgan fingerprint density at radius 2 is 1.96 bits per heavy atom. The molecule has 1 amide bonds. The SMILES string of the molecule is O=C(c1ccc(CS(=O)Cc2cccc(Cl)c2)o1)N1CCOCC1. The van der Waals surface area contributed by atoms with Gasteiger partial charge in [-0.25, -0.2) is 0 Å². The number of furan rings is 1. The summed E-state index contributed by atoms with van der Waals surface area (Å²) in [6.07, 6.45) is 0. The van der Waals surface area contributed by atoms with Crippen LogP contribution in [0.4, 0.5) is 0 Å². The van der Waals surface area contributed by atoms with Gasteiger partial charge < -0.3 is 14.1 Å². The van der Waals surface area contributed by atoms with Gasteiger partial charge >= 0.3 is 0 Å². The van der Waals surface area contributed by atoms with E-state index in [0.29, 0.717) is 42.8 Å². The molecule has 0 radical (unpaired) electrons. The molecular formula is C17H18ClNO4S. The summed E-state index contributed by atoms with van der Waals surface area (Å²) in [5.41, 5.74) is 0.914. The molecule has 0 saturated carbocycles. The first-order valence-electron chi connectivity index (χ1n) is 7.67. The predicted molar refractivity (Wildman–Crippen MR) is 92.4 cm³/mol. The van der Waals surface area contributed by atoms with Crippen LogP contribution in [0.15, 0.2) is 40.8 Å². The first-order valence-corrected chi connectivity index (χ1v) is 9.53. The molecule has 1 unspecified atom stereocenters. The molecule has 1 aliphatic rings. The minimum absolute atomic E-state index is 0.148. The Kier molecular flexibility index (Phi) is 5.71. The van der Waals surface area contributed by atoms with Crippen LogP contribution < -0.4 is 0 Å². The Balaban J connectivity index is 1.59. The molecule has 1 aromatic heterocycles. The second kappa shape index (κ2) is 7.96. The van der Waals surface area contributed by atoms with Crippen LogP contribution in [0.2, 0.25) is 5.02 Å². The van der Waals surface area contributed by atoms with Crippen molar-refractivity contribution in [3.8, 4) is 0 Å². The van der Waals surface area contributed by atoms with Gasteiger partial charge in [0.05, 0.1) is 19.0 Å². The first kappa shape index (κ1) is 17.2. The minimum atomic E-state index is -1.13. The van der Waals surface area contributed by atoms with Crippen LogP contribution in [0.1, 0.15) is 21.9 Å². The topological polar surface area (TPSA) is 59.8 Å². The van der Waals surface area contributed by atoms with Crippen LogP contribution in [-0.4, -0.2) is 41.3 Å². The van der Waals surface area contributed by atoms with Gasteiger partial charge in [-0.15, -0.1) is 0 Å². The molecule has 0 aliphatic carbocycles. The number of hydrogen-bond acceptors (Lipinski definition) is 4. The van der Waals surface area contributed by atoms with E-state index in [9.17, 15) is 9.00 Å². The largest absolute Gasteiger partial charge is 0.455 e. The summed E-state index contributed by atoms with van der Waals surface area (Å²) in [7, 11) is -1.13. The molecule has 0 bridgehead atoms. The summed E-state index contributed by atoms with van der Waals surface area (Å²) >= 11 is 5.93. The summed E-state index contributed by atoms with van der Waals surface area (Å²) in [5, 5.41) is 0.626. The summed E-state index contributed by atoms with van der Waals surface area (Å²) < 4.78 is 23.1. The van der Waals surface area contributed by atoms with E-state index in [2.05, 4.69) is 0 Å². The molecular weight excluding hydrogens is 350 g/mol. The number of ether oxygens (including phenoxy) is 1. The van der Waals surface area contributed by atoms with E-state index in [4.69, 9.17) is 20.8 Å². The summed E-state index contributed by atoms with van der Waals surface area (Å²) in [6, 6.07) is 10.7. The van der Waals surface area contributed by atoms with Crippen molar-refractivity contribution in [1.82, 2.24) is 4.90 Å². The lowest BCUT2D eigenvalue weighted by Crippen LogP contribution is -2.40. The highest BCUT2D eigenvalue weighted by Crippen LogP contribution is 2.17. The molecule has 2 aromatic rings. The molecule has 0 spiro atoms. The number of nitrogens with zero attached hydrogens (tertiary/aromatic N) is 1. The molecule has 7 heteroatoms. The zero-order valence-corrected chi connectivity index (χ0v) is 14.6. The molecule has 1 atom stereocenters. The van der Waals surface area contributed by atoms with E-state index in [1.807, 2.05) is 12.1 Å². The van der Waals surface area contributed by atoms with Crippen molar-refractivity contribution in [2.45, 2.75) is 11.5 Å². The van der Waals surface area contributed by atoms with Gasteiger partial charge in [0, 0.05) is 34.7 Å². The Bertz CT molecular complexity index is 740. The van der Waals surface area contributed by atoms with Gasteiger partial charge in [0.1, 0.15) is 5.76 Å². The third-order valence-corrected chi connectivity index (χ3v) is 5.19. The number of carbonyl (C=O) groups is 1. The van der Waals surface area contributed by atoms with Crippen LogP contribution in [-0.2, 0) is 27.0 Å². The van der Waals surface area contributed by atoms with Crippen molar-refractivity contribution >= 4 is 28.3 Å². The number of carbonyl (C=O) groups excluding carboxylic acids is 1. The Hall–Kier alpha value is -1.63. The van der Waals surface area contributed by atoms with Gasteiger partial charge in [0.25, 0.3) is 5.91 Å². The van der Waals surface area contributed by atoms with E-state index < -0.39 is 10.8 Å². The molecule has 1 saturated heterocycles. The van der Waals surface area contributed by atoms with Crippen molar-refractivity contribution < 1.29 is 18.2 Å². The maximum Gasteiger partial charge on any atom is 0.289 e. The van der Waals surface area contributed by atoms with Crippen LogP contribution in [0.25, 0.3) is 0 Å². The molecule has 0 N–H and O–H groups in total. The molecule has 1 fully saturated rings. The van der Waals surface area contributed by atoms with Crippen molar-refractivity contribution in [3.63, 3.8) is 0 Å². The lowest BCUT2D eigenvalue weighted by atomic mass is 10.2. The normalized spacial score (nSPS) is 16.1. The van der Waals surface area contributed by atoms with E-state index in [1.54, 1.807) is 29.2 Å². The van der Waals surface area contributed by atoms with E-state index in [0.717, 1.165) is 5.56 Å². The van der Waals surface area contributed by atoms with E-state index in [1.165, 1.54) is 0 Å². The number of benzene rings is 1. The van der Waals surface area contributed by atoms with E-state index >= 15 is 0 Å². The Morgan fingerprint density at radius 3 is 2.71 bits per heavy atom. The minimum Gasteiger partial charge on any atom is -0.455 e. The zero-order chi connectivity index (χ0) is 16.9. The quantitative estimate of drug-likeness (QED) is 0.815. The maximum absolute atomic E-state index is 12.3. The average molecular weight is 368 g/mol. The van der Waals surface area contributed by atoms with E-state index in [-0.39, 0.29) is 17.4 Å². The number of morpholine rings is 1. The third kappa shape index (κ3) is 4.47. The first-order chi connectivity index (χ1) is 11.6. The van der Waals surface area contributed by atoms with Gasteiger partial charge in [-0.1, -0.05) is 23.7 Å². The third-order valence-electron chi connectivity index (χ3n) is 3.69. The molecule has 5 nitrogen and oxygen atoms in total. The molecule has 1 aliphatic heterocycles.